The van der Waals surface area contributed by atoms with Crippen molar-refractivity contribution in [1.82, 2.24) is 15.1 Å². The molecule has 1 aliphatic rings. The molecular weight excluding hydrogens is 262 g/mol. The molecule has 0 radical (unpaired) electrons. The summed E-state index contributed by atoms with van der Waals surface area (Å²) in [6.45, 7) is 1.18. The zero-order valence-electron chi connectivity index (χ0n) is 10.2. The van der Waals surface area contributed by atoms with Gasteiger partial charge in [0.05, 0.1) is 12.2 Å². The molecular formula is C14H12ClN3O. The molecule has 0 atom stereocenters. The third-order valence-electron chi connectivity index (χ3n) is 3.23. The van der Waals surface area contributed by atoms with Crippen molar-refractivity contribution in [3.05, 3.63) is 58.4 Å². The molecule has 1 aromatic heterocycles. The highest BCUT2D eigenvalue weighted by Crippen LogP contribution is 2.19. The van der Waals surface area contributed by atoms with Gasteiger partial charge >= 0.3 is 0 Å². The van der Waals surface area contributed by atoms with Crippen molar-refractivity contribution in [2.45, 2.75) is 13.0 Å². The summed E-state index contributed by atoms with van der Waals surface area (Å²) < 4.78 is 0. The van der Waals surface area contributed by atoms with Crippen LogP contribution in [0.25, 0.3) is 0 Å². The lowest BCUT2D eigenvalue weighted by atomic mass is 9.99. The molecule has 0 unspecified atom stereocenters. The van der Waals surface area contributed by atoms with E-state index < -0.39 is 0 Å². The van der Waals surface area contributed by atoms with Crippen LogP contribution < -0.4 is 0 Å². The number of hydrogen-bond acceptors (Lipinski definition) is 3. The summed E-state index contributed by atoms with van der Waals surface area (Å²) in [5.74, 6) is 0.0543. The molecule has 96 valence electrons. The van der Waals surface area contributed by atoms with Gasteiger partial charge in [-0.15, -0.1) is 5.10 Å². The summed E-state index contributed by atoms with van der Waals surface area (Å²) in [5.41, 5.74) is 2.65. The quantitative estimate of drug-likeness (QED) is 0.844. The second-order valence-electron chi connectivity index (χ2n) is 4.48. The predicted octanol–water partition coefficient (Wildman–Crippen LogP) is 2.33. The molecule has 0 spiro atoms. The van der Waals surface area contributed by atoms with E-state index in [2.05, 4.69) is 10.2 Å². The zero-order chi connectivity index (χ0) is 13.2. The maximum atomic E-state index is 12.3. The molecule has 19 heavy (non-hydrogen) atoms. The largest absolute Gasteiger partial charge is 0.332 e. The Bertz CT molecular complexity index is 612. The highest BCUT2D eigenvalue weighted by Gasteiger charge is 2.24. The average Bonchev–Trinajstić information content (AvgIpc) is 2.45. The summed E-state index contributed by atoms with van der Waals surface area (Å²) in [6, 6.07) is 11.2. The molecule has 0 bridgehead atoms. The standard InChI is InChI=1S/C14H12ClN3O/c15-13-6-5-11(16-17-13)9-18-8-7-10-3-1-2-4-12(10)14(18)19/h1-6H,7-9H2. The van der Waals surface area contributed by atoms with Crippen LogP contribution in [-0.4, -0.2) is 27.5 Å². The summed E-state index contributed by atoms with van der Waals surface area (Å²) in [7, 11) is 0. The van der Waals surface area contributed by atoms with E-state index >= 15 is 0 Å². The second kappa shape index (κ2) is 4.97. The van der Waals surface area contributed by atoms with Gasteiger partial charge in [-0.3, -0.25) is 4.79 Å². The molecule has 5 heteroatoms. The molecule has 0 aliphatic carbocycles. The number of fused-ring (bicyclic) bond motifs is 1. The van der Waals surface area contributed by atoms with Crippen LogP contribution in [-0.2, 0) is 13.0 Å². The van der Waals surface area contributed by atoms with E-state index in [4.69, 9.17) is 11.6 Å². The molecule has 2 aromatic rings. The Hall–Kier alpha value is -1.94. The highest BCUT2D eigenvalue weighted by molar-refractivity contribution is 6.29. The topological polar surface area (TPSA) is 46.1 Å². The summed E-state index contributed by atoms with van der Waals surface area (Å²) in [6.07, 6.45) is 0.878. The van der Waals surface area contributed by atoms with Crippen LogP contribution in [0.1, 0.15) is 21.6 Å². The molecule has 1 aliphatic heterocycles. The summed E-state index contributed by atoms with van der Waals surface area (Å²) in [4.78, 5) is 14.1. The Kier molecular flexibility index (Phi) is 3.17. The zero-order valence-corrected chi connectivity index (χ0v) is 11.0. The van der Waals surface area contributed by atoms with Gasteiger partial charge in [-0.1, -0.05) is 29.8 Å². The summed E-state index contributed by atoms with van der Waals surface area (Å²) >= 11 is 5.70. The van der Waals surface area contributed by atoms with E-state index in [1.165, 1.54) is 0 Å². The normalized spacial score (nSPS) is 14.4. The van der Waals surface area contributed by atoms with Crippen molar-refractivity contribution in [2.24, 2.45) is 0 Å². The molecule has 0 saturated heterocycles. The van der Waals surface area contributed by atoms with Gasteiger partial charge in [0, 0.05) is 12.1 Å². The van der Waals surface area contributed by atoms with Gasteiger partial charge in [0.15, 0.2) is 5.15 Å². The Balaban J connectivity index is 1.81. The molecule has 1 aromatic carbocycles. The van der Waals surface area contributed by atoms with E-state index in [9.17, 15) is 4.79 Å². The maximum absolute atomic E-state index is 12.3. The molecule has 3 rings (SSSR count). The van der Waals surface area contributed by atoms with E-state index in [1.54, 1.807) is 17.0 Å². The first-order valence-electron chi connectivity index (χ1n) is 6.09. The summed E-state index contributed by atoms with van der Waals surface area (Å²) in [5, 5.41) is 8.14. The van der Waals surface area contributed by atoms with Gasteiger partial charge in [0.1, 0.15) is 0 Å². The number of hydrogen-bond donors (Lipinski definition) is 0. The third kappa shape index (κ3) is 2.44. The van der Waals surface area contributed by atoms with Crippen molar-refractivity contribution in [3.63, 3.8) is 0 Å². The Morgan fingerprint density at radius 3 is 2.79 bits per heavy atom. The lowest BCUT2D eigenvalue weighted by molar-refractivity contribution is 0.0724. The fourth-order valence-corrected chi connectivity index (χ4v) is 2.35. The average molecular weight is 274 g/mol. The number of aromatic nitrogens is 2. The van der Waals surface area contributed by atoms with E-state index in [1.807, 2.05) is 24.3 Å². The number of amides is 1. The molecule has 0 N–H and O–H groups in total. The fourth-order valence-electron chi connectivity index (χ4n) is 2.25. The van der Waals surface area contributed by atoms with Gasteiger partial charge < -0.3 is 4.90 Å². The Morgan fingerprint density at radius 1 is 1.16 bits per heavy atom. The van der Waals surface area contributed by atoms with Gasteiger partial charge in [-0.2, -0.15) is 5.10 Å². The molecule has 1 amide bonds. The first-order chi connectivity index (χ1) is 9.24. The van der Waals surface area contributed by atoms with E-state index in [0.717, 1.165) is 23.2 Å². The maximum Gasteiger partial charge on any atom is 0.254 e. The van der Waals surface area contributed by atoms with Crippen LogP contribution >= 0.6 is 11.6 Å². The number of carbonyl (C=O) groups excluding carboxylic acids is 1. The van der Waals surface area contributed by atoms with Crippen molar-refractivity contribution in [2.75, 3.05) is 6.54 Å². The number of benzene rings is 1. The van der Waals surface area contributed by atoms with Crippen molar-refractivity contribution in [3.8, 4) is 0 Å². The number of nitrogens with zero attached hydrogens (tertiary/aromatic N) is 3. The minimum absolute atomic E-state index is 0.0543. The fraction of sp³-hybridized carbons (Fsp3) is 0.214. The van der Waals surface area contributed by atoms with Crippen LogP contribution in [0.15, 0.2) is 36.4 Å². The highest BCUT2D eigenvalue weighted by atomic mass is 35.5. The van der Waals surface area contributed by atoms with Gasteiger partial charge in [-0.25, -0.2) is 0 Å². The monoisotopic (exact) mass is 273 g/mol. The predicted molar refractivity (Wildman–Crippen MR) is 71.9 cm³/mol. The first-order valence-corrected chi connectivity index (χ1v) is 6.47. The van der Waals surface area contributed by atoms with Crippen molar-refractivity contribution < 1.29 is 4.79 Å². The number of halogens is 1. The molecule has 2 heterocycles. The molecule has 0 saturated carbocycles. The van der Waals surface area contributed by atoms with E-state index in [0.29, 0.717) is 18.2 Å². The lowest BCUT2D eigenvalue weighted by Gasteiger charge is -2.28. The SMILES string of the molecule is O=C1c2ccccc2CCN1Cc1ccc(Cl)nn1. The van der Waals surface area contributed by atoms with Gasteiger partial charge in [0.2, 0.25) is 0 Å². The van der Waals surface area contributed by atoms with Gasteiger partial charge in [0.25, 0.3) is 5.91 Å². The van der Waals surface area contributed by atoms with Crippen LogP contribution in [0.5, 0.6) is 0 Å². The Morgan fingerprint density at radius 2 is 2.00 bits per heavy atom. The smallest absolute Gasteiger partial charge is 0.254 e. The Labute approximate surface area is 116 Å². The lowest BCUT2D eigenvalue weighted by Crippen LogP contribution is -2.37. The minimum atomic E-state index is 0.0543. The van der Waals surface area contributed by atoms with Crippen LogP contribution in [0, 0.1) is 0 Å². The van der Waals surface area contributed by atoms with Crippen LogP contribution in [0.3, 0.4) is 0 Å². The van der Waals surface area contributed by atoms with Crippen LogP contribution in [0.4, 0.5) is 0 Å². The van der Waals surface area contributed by atoms with Crippen molar-refractivity contribution >= 4 is 17.5 Å². The van der Waals surface area contributed by atoms with Gasteiger partial charge in [-0.05, 0) is 30.2 Å². The minimum Gasteiger partial charge on any atom is -0.332 e. The first kappa shape index (κ1) is 12.1. The molecule has 0 fully saturated rings. The van der Waals surface area contributed by atoms with Crippen LogP contribution in [0.2, 0.25) is 5.15 Å². The third-order valence-corrected chi connectivity index (χ3v) is 3.43. The number of carbonyl (C=O) groups is 1. The second-order valence-corrected chi connectivity index (χ2v) is 4.87. The number of rotatable bonds is 2. The van der Waals surface area contributed by atoms with Crippen molar-refractivity contribution in [1.29, 1.82) is 0 Å². The molecule has 4 nitrogen and oxygen atoms in total. The van der Waals surface area contributed by atoms with E-state index in [-0.39, 0.29) is 5.91 Å².